The van der Waals surface area contributed by atoms with E-state index in [2.05, 4.69) is 23.5 Å². The number of benzene rings is 1. The van der Waals surface area contributed by atoms with E-state index >= 15 is 0 Å². The molecule has 1 atom stereocenters. The van der Waals surface area contributed by atoms with Crippen LogP contribution in [0.3, 0.4) is 0 Å². The number of carbonyl (C=O) groups excluding carboxylic acids is 1. The normalized spacial score (nSPS) is 21.4. The van der Waals surface area contributed by atoms with Crippen molar-refractivity contribution in [3.8, 4) is 0 Å². The molecule has 1 fully saturated rings. The Morgan fingerprint density at radius 1 is 1.18 bits per heavy atom. The number of amides is 2. The highest BCUT2D eigenvalue weighted by Gasteiger charge is 2.30. The predicted molar refractivity (Wildman–Crippen MR) is 86.7 cm³/mol. The molecule has 22 heavy (non-hydrogen) atoms. The summed E-state index contributed by atoms with van der Waals surface area (Å²) in [7, 11) is 0. The van der Waals surface area contributed by atoms with Crippen LogP contribution in [-0.4, -0.2) is 35.2 Å². The van der Waals surface area contributed by atoms with E-state index in [1.807, 2.05) is 11.0 Å². The standard InChI is InChI=1S/C18H26N2O2/c21-13-12-20(18(22)19-15-8-2-3-9-15)17-11-5-7-14-6-1-4-10-16(14)17/h1,4,6,10,15,17,21H,2-3,5,7-9,11-13H2,(H,19,22). The number of fused-ring (bicyclic) bond motifs is 1. The predicted octanol–water partition coefficient (Wildman–Crippen LogP) is 3.01. The maximum Gasteiger partial charge on any atom is 0.318 e. The number of nitrogens with zero attached hydrogens (tertiary/aromatic N) is 1. The topological polar surface area (TPSA) is 52.6 Å². The molecule has 1 aromatic carbocycles. The Bertz CT molecular complexity index is 512. The fraction of sp³-hybridized carbons (Fsp3) is 0.611. The Balaban J connectivity index is 1.77. The average Bonchev–Trinajstić information content (AvgIpc) is 3.05. The van der Waals surface area contributed by atoms with Gasteiger partial charge in [0.25, 0.3) is 0 Å². The third-order valence-corrected chi connectivity index (χ3v) is 5.00. The zero-order chi connectivity index (χ0) is 15.4. The van der Waals surface area contributed by atoms with Crippen molar-refractivity contribution in [1.82, 2.24) is 10.2 Å². The minimum Gasteiger partial charge on any atom is -0.395 e. The zero-order valence-corrected chi connectivity index (χ0v) is 13.1. The molecular formula is C18H26N2O2. The molecule has 1 unspecified atom stereocenters. The quantitative estimate of drug-likeness (QED) is 0.898. The largest absolute Gasteiger partial charge is 0.395 e. The first-order valence-corrected chi connectivity index (χ1v) is 8.55. The van der Waals surface area contributed by atoms with Crippen LogP contribution < -0.4 is 5.32 Å². The number of aryl methyl sites for hydroxylation is 1. The SMILES string of the molecule is O=C(NC1CCCC1)N(CCO)C1CCCc2ccccc21. The number of aliphatic hydroxyl groups is 1. The van der Waals surface area contributed by atoms with Gasteiger partial charge in [-0.05, 0) is 43.2 Å². The van der Waals surface area contributed by atoms with Crippen molar-refractivity contribution in [1.29, 1.82) is 0 Å². The van der Waals surface area contributed by atoms with E-state index in [4.69, 9.17) is 0 Å². The molecule has 0 heterocycles. The second-order valence-electron chi connectivity index (χ2n) is 6.45. The summed E-state index contributed by atoms with van der Waals surface area (Å²) in [5.41, 5.74) is 2.60. The Morgan fingerprint density at radius 3 is 2.73 bits per heavy atom. The minimum absolute atomic E-state index is 0.0107. The molecule has 0 aromatic heterocycles. The van der Waals surface area contributed by atoms with Crippen LogP contribution in [-0.2, 0) is 6.42 Å². The first-order chi connectivity index (χ1) is 10.8. The van der Waals surface area contributed by atoms with E-state index in [0.29, 0.717) is 12.6 Å². The molecule has 0 saturated heterocycles. The lowest BCUT2D eigenvalue weighted by molar-refractivity contribution is 0.142. The number of hydrogen-bond donors (Lipinski definition) is 2. The molecule has 0 radical (unpaired) electrons. The molecule has 4 heteroatoms. The van der Waals surface area contributed by atoms with Gasteiger partial charge in [-0.25, -0.2) is 4.79 Å². The third kappa shape index (κ3) is 3.27. The number of rotatable bonds is 4. The summed E-state index contributed by atoms with van der Waals surface area (Å²) in [5.74, 6) is 0. The van der Waals surface area contributed by atoms with Crippen molar-refractivity contribution in [2.75, 3.05) is 13.2 Å². The molecule has 120 valence electrons. The van der Waals surface area contributed by atoms with Crippen LogP contribution in [0.25, 0.3) is 0 Å². The summed E-state index contributed by atoms with van der Waals surface area (Å²) in [4.78, 5) is 14.5. The highest BCUT2D eigenvalue weighted by atomic mass is 16.3. The van der Waals surface area contributed by atoms with Crippen LogP contribution in [0.15, 0.2) is 24.3 Å². The van der Waals surface area contributed by atoms with Gasteiger partial charge in [-0.15, -0.1) is 0 Å². The van der Waals surface area contributed by atoms with E-state index in [-0.39, 0.29) is 18.7 Å². The molecule has 2 N–H and O–H groups in total. The Hall–Kier alpha value is -1.55. The molecule has 4 nitrogen and oxygen atoms in total. The van der Waals surface area contributed by atoms with Gasteiger partial charge in [0.15, 0.2) is 0 Å². The van der Waals surface area contributed by atoms with Gasteiger partial charge in [0, 0.05) is 12.6 Å². The summed E-state index contributed by atoms with van der Waals surface area (Å²) in [6, 6.07) is 8.80. The molecular weight excluding hydrogens is 276 g/mol. The second kappa shape index (κ2) is 7.14. The molecule has 0 aliphatic heterocycles. The van der Waals surface area contributed by atoms with Crippen LogP contribution in [0, 0.1) is 0 Å². The van der Waals surface area contributed by atoms with Crippen molar-refractivity contribution < 1.29 is 9.90 Å². The van der Waals surface area contributed by atoms with Crippen molar-refractivity contribution >= 4 is 6.03 Å². The molecule has 2 aliphatic carbocycles. The van der Waals surface area contributed by atoms with E-state index in [1.165, 1.54) is 24.0 Å². The lowest BCUT2D eigenvalue weighted by Crippen LogP contribution is -2.47. The Labute approximate surface area is 132 Å². The van der Waals surface area contributed by atoms with Gasteiger partial charge in [0.05, 0.1) is 12.6 Å². The van der Waals surface area contributed by atoms with Gasteiger partial charge in [-0.2, -0.15) is 0 Å². The molecule has 0 bridgehead atoms. The molecule has 3 rings (SSSR count). The van der Waals surface area contributed by atoms with E-state index < -0.39 is 0 Å². The minimum atomic E-state index is -0.0114. The maximum atomic E-state index is 12.7. The fourth-order valence-electron chi connectivity index (χ4n) is 3.89. The van der Waals surface area contributed by atoms with E-state index in [0.717, 1.165) is 32.1 Å². The number of urea groups is 1. The molecule has 2 aliphatic rings. The van der Waals surface area contributed by atoms with E-state index in [1.54, 1.807) is 0 Å². The highest BCUT2D eigenvalue weighted by Crippen LogP contribution is 2.34. The summed E-state index contributed by atoms with van der Waals surface area (Å²) in [6.45, 7) is 0.411. The smallest absolute Gasteiger partial charge is 0.318 e. The van der Waals surface area contributed by atoms with Gasteiger partial charge < -0.3 is 15.3 Å². The number of carbonyl (C=O) groups is 1. The molecule has 1 saturated carbocycles. The summed E-state index contributed by atoms with van der Waals surface area (Å²) < 4.78 is 0. The summed E-state index contributed by atoms with van der Waals surface area (Å²) in [6.07, 6.45) is 7.74. The van der Waals surface area contributed by atoms with Crippen LogP contribution in [0.5, 0.6) is 0 Å². The molecule has 1 aromatic rings. The van der Waals surface area contributed by atoms with Gasteiger partial charge in [0.1, 0.15) is 0 Å². The van der Waals surface area contributed by atoms with Crippen molar-refractivity contribution in [2.45, 2.75) is 57.0 Å². The van der Waals surface area contributed by atoms with Crippen molar-refractivity contribution in [3.05, 3.63) is 35.4 Å². The van der Waals surface area contributed by atoms with Crippen LogP contribution in [0.2, 0.25) is 0 Å². The van der Waals surface area contributed by atoms with E-state index in [9.17, 15) is 9.90 Å². The number of hydrogen-bond acceptors (Lipinski definition) is 2. The van der Waals surface area contributed by atoms with Crippen molar-refractivity contribution in [2.24, 2.45) is 0 Å². The lowest BCUT2D eigenvalue weighted by Gasteiger charge is -2.36. The third-order valence-electron chi connectivity index (χ3n) is 5.00. The van der Waals surface area contributed by atoms with Gasteiger partial charge >= 0.3 is 6.03 Å². The number of nitrogens with one attached hydrogen (secondary N) is 1. The summed E-state index contributed by atoms with van der Waals surface area (Å²) in [5, 5.41) is 12.6. The molecule has 0 spiro atoms. The zero-order valence-electron chi connectivity index (χ0n) is 13.1. The lowest BCUT2D eigenvalue weighted by atomic mass is 9.87. The van der Waals surface area contributed by atoms with Crippen molar-refractivity contribution in [3.63, 3.8) is 0 Å². The monoisotopic (exact) mass is 302 g/mol. The maximum absolute atomic E-state index is 12.7. The first-order valence-electron chi connectivity index (χ1n) is 8.55. The number of aliphatic hydroxyl groups excluding tert-OH is 1. The van der Waals surface area contributed by atoms with Crippen LogP contribution in [0.1, 0.15) is 55.7 Å². The second-order valence-corrected chi connectivity index (χ2v) is 6.45. The summed E-state index contributed by atoms with van der Waals surface area (Å²) >= 11 is 0. The fourth-order valence-corrected chi connectivity index (χ4v) is 3.89. The van der Waals surface area contributed by atoms with Gasteiger partial charge in [-0.3, -0.25) is 0 Å². The van der Waals surface area contributed by atoms with Gasteiger partial charge in [-0.1, -0.05) is 37.1 Å². The van der Waals surface area contributed by atoms with Gasteiger partial charge in [0.2, 0.25) is 0 Å². The highest BCUT2D eigenvalue weighted by molar-refractivity contribution is 5.75. The van der Waals surface area contributed by atoms with Crippen LogP contribution >= 0.6 is 0 Å². The van der Waals surface area contributed by atoms with Crippen LogP contribution in [0.4, 0.5) is 4.79 Å². The Morgan fingerprint density at radius 2 is 1.95 bits per heavy atom. The first kappa shape index (κ1) is 15.3. The molecule has 2 amide bonds. The average molecular weight is 302 g/mol. The Kier molecular flexibility index (Phi) is 4.98.